The summed E-state index contributed by atoms with van der Waals surface area (Å²) in [7, 11) is 0. The van der Waals surface area contributed by atoms with E-state index in [1.807, 2.05) is 18.2 Å². The predicted octanol–water partition coefficient (Wildman–Crippen LogP) is 3.52. The molecular weight excluding hydrogens is 256 g/mol. The monoisotopic (exact) mass is 268 g/mol. The van der Waals surface area contributed by atoms with Crippen molar-refractivity contribution in [2.45, 2.75) is 30.7 Å². The summed E-state index contributed by atoms with van der Waals surface area (Å²) in [5, 5.41) is 0. The van der Waals surface area contributed by atoms with Crippen molar-refractivity contribution in [3.8, 4) is 0 Å². The molecule has 3 heteroatoms. The third kappa shape index (κ3) is 2.23. The molecule has 0 aromatic heterocycles. The summed E-state index contributed by atoms with van der Waals surface area (Å²) in [6, 6.07) is 8.13. The van der Waals surface area contributed by atoms with Crippen LogP contribution < -0.4 is 0 Å². The van der Waals surface area contributed by atoms with Crippen LogP contribution in [0.15, 0.2) is 24.3 Å². The lowest BCUT2D eigenvalue weighted by atomic mass is 9.89. The van der Waals surface area contributed by atoms with Crippen LogP contribution >= 0.6 is 15.9 Å². The van der Waals surface area contributed by atoms with E-state index >= 15 is 0 Å². The Balaban J connectivity index is 2.31. The summed E-state index contributed by atoms with van der Waals surface area (Å²) in [5.74, 6) is -0.206. The van der Waals surface area contributed by atoms with Crippen molar-refractivity contribution in [3.05, 3.63) is 35.4 Å². The fourth-order valence-corrected chi connectivity index (χ4v) is 2.70. The number of hydrogen-bond donors (Lipinski definition) is 0. The predicted molar refractivity (Wildman–Crippen MR) is 61.9 cm³/mol. The van der Waals surface area contributed by atoms with E-state index in [9.17, 15) is 4.79 Å². The van der Waals surface area contributed by atoms with Crippen LogP contribution in [0.1, 0.15) is 41.8 Å². The highest BCUT2D eigenvalue weighted by atomic mass is 79.9. The Kier molecular flexibility index (Phi) is 3.10. The minimum atomic E-state index is -0.206. The van der Waals surface area contributed by atoms with E-state index in [1.54, 1.807) is 0 Å². The molecule has 1 aliphatic rings. The maximum absolute atomic E-state index is 11.0. The van der Waals surface area contributed by atoms with Crippen molar-refractivity contribution in [2.24, 2.45) is 0 Å². The molecule has 0 heterocycles. The molecule has 80 valence electrons. The van der Waals surface area contributed by atoms with Crippen molar-refractivity contribution in [3.63, 3.8) is 0 Å². The highest BCUT2D eigenvalue weighted by molar-refractivity contribution is 9.09. The second-order valence-electron chi connectivity index (χ2n) is 3.77. The lowest BCUT2D eigenvalue weighted by Crippen LogP contribution is -2.16. The van der Waals surface area contributed by atoms with Gasteiger partial charge in [0.05, 0.1) is 0 Å². The molecule has 0 radical (unpaired) electrons. The molecule has 0 amide bonds. The van der Waals surface area contributed by atoms with Gasteiger partial charge in [-0.3, -0.25) is 4.79 Å². The normalized spacial score (nSPS) is 24.4. The maximum Gasteiger partial charge on any atom is 0.303 e. The van der Waals surface area contributed by atoms with Gasteiger partial charge in [0.15, 0.2) is 0 Å². The van der Waals surface area contributed by atoms with Gasteiger partial charge in [0.25, 0.3) is 0 Å². The number of hydrogen-bond acceptors (Lipinski definition) is 2. The number of benzene rings is 1. The summed E-state index contributed by atoms with van der Waals surface area (Å²) in [6.07, 6.45) is 1.84. The zero-order valence-electron chi connectivity index (χ0n) is 8.57. The minimum Gasteiger partial charge on any atom is -0.458 e. The first-order valence-corrected chi connectivity index (χ1v) is 6.00. The van der Waals surface area contributed by atoms with Gasteiger partial charge < -0.3 is 4.74 Å². The van der Waals surface area contributed by atoms with Gasteiger partial charge in [0, 0.05) is 11.8 Å². The molecule has 1 aliphatic carbocycles. The number of rotatable bonds is 1. The topological polar surface area (TPSA) is 26.3 Å². The van der Waals surface area contributed by atoms with Gasteiger partial charge in [-0.1, -0.05) is 40.2 Å². The standard InChI is InChI=1S/C12H13BrO2/c1-8(14)15-12-7-6-11(13)9-4-2-3-5-10(9)12/h2-5,11-12H,6-7H2,1H3. The zero-order chi connectivity index (χ0) is 10.8. The number of ether oxygens (including phenoxy) is 1. The lowest BCUT2D eigenvalue weighted by Gasteiger charge is -2.28. The Morgan fingerprint density at radius 2 is 2.00 bits per heavy atom. The van der Waals surface area contributed by atoms with E-state index in [1.165, 1.54) is 12.5 Å². The van der Waals surface area contributed by atoms with Gasteiger partial charge in [0.1, 0.15) is 6.10 Å². The second kappa shape index (κ2) is 4.35. The molecule has 0 bridgehead atoms. The number of carbonyl (C=O) groups excluding carboxylic acids is 1. The largest absolute Gasteiger partial charge is 0.458 e. The van der Waals surface area contributed by atoms with Crippen LogP contribution in [-0.2, 0) is 9.53 Å². The van der Waals surface area contributed by atoms with Crippen molar-refractivity contribution in [1.29, 1.82) is 0 Å². The molecule has 0 spiro atoms. The third-order valence-electron chi connectivity index (χ3n) is 2.67. The van der Waals surface area contributed by atoms with Crippen LogP contribution in [-0.4, -0.2) is 5.97 Å². The summed E-state index contributed by atoms with van der Waals surface area (Å²) in [5.41, 5.74) is 2.39. The quantitative estimate of drug-likeness (QED) is 0.576. The maximum atomic E-state index is 11.0. The Morgan fingerprint density at radius 1 is 1.33 bits per heavy atom. The van der Waals surface area contributed by atoms with E-state index in [2.05, 4.69) is 22.0 Å². The number of fused-ring (bicyclic) bond motifs is 1. The van der Waals surface area contributed by atoms with Gasteiger partial charge in [-0.25, -0.2) is 0 Å². The zero-order valence-corrected chi connectivity index (χ0v) is 10.2. The molecule has 0 saturated carbocycles. The molecule has 2 atom stereocenters. The van der Waals surface area contributed by atoms with E-state index < -0.39 is 0 Å². The van der Waals surface area contributed by atoms with E-state index in [0.717, 1.165) is 18.4 Å². The summed E-state index contributed by atoms with van der Waals surface area (Å²) >= 11 is 3.64. The van der Waals surface area contributed by atoms with Crippen LogP contribution in [0.4, 0.5) is 0 Å². The Labute approximate surface area is 97.8 Å². The SMILES string of the molecule is CC(=O)OC1CCC(Br)c2ccccc21. The molecule has 2 rings (SSSR count). The van der Waals surface area contributed by atoms with Gasteiger partial charge in [-0.2, -0.15) is 0 Å². The van der Waals surface area contributed by atoms with Crippen LogP contribution in [0.3, 0.4) is 0 Å². The van der Waals surface area contributed by atoms with Gasteiger partial charge in [-0.15, -0.1) is 0 Å². The van der Waals surface area contributed by atoms with Crippen LogP contribution in [0, 0.1) is 0 Å². The molecule has 1 aromatic carbocycles. The molecular formula is C12H13BrO2. The molecule has 2 nitrogen and oxygen atoms in total. The molecule has 15 heavy (non-hydrogen) atoms. The third-order valence-corrected chi connectivity index (χ3v) is 3.62. The fraction of sp³-hybridized carbons (Fsp3) is 0.417. The first-order chi connectivity index (χ1) is 7.18. The van der Waals surface area contributed by atoms with Crippen molar-refractivity contribution in [1.82, 2.24) is 0 Å². The molecule has 1 aromatic rings. The summed E-state index contributed by atoms with van der Waals surface area (Å²) in [4.78, 5) is 11.4. The van der Waals surface area contributed by atoms with Crippen molar-refractivity contribution >= 4 is 21.9 Å². The smallest absolute Gasteiger partial charge is 0.303 e. The first-order valence-electron chi connectivity index (χ1n) is 5.08. The van der Waals surface area contributed by atoms with Crippen molar-refractivity contribution < 1.29 is 9.53 Å². The van der Waals surface area contributed by atoms with Crippen LogP contribution in [0.2, 0.25) is 0 Å². The Morgan fingerprint density at radius 3 is 2.67 bits per heavy atom. The highest BCUT2D eigenvalue weighted by Crippen LogP contribution is 2.42. The number of carbonyl (C=O) groups is 1. The van der Waals surface area contributed by atoms with Gasteiger partial charge in [-0.05, 0) is 24.0 Å². The molecule has 0 N–H and O–H groups in total. The molecule has 0 fully saturated rings. The van der Waals surface area contributed by atoms with E-state index in [4.69, 9.17) is 4.74 Å². The lowest BCUT2D eigenvalue weighted by molar-refractivity contribution is -0.147. The van der Waals surface area contributed by atoms with Crippen LogP contribution in [0.25, 0.3) is 0 Å². The number of alkyl halides is 1. The molecule has 2 unspecified atom stereocenters. The minimum absolute atomic E-state index is 0.0625. The van der Waals surface area contributed by atoms with E-state index in [0.29, 0.717) is 4.83 Å². The summed E-state index contributed by atoms with van der Waals surface area (Å²) in [6.45, 7) is 1.46. The van der Waals surface area contributed by atoms with Gasteiger partial charge in [0.2, 0.25) is 0 Å². The average Bonchev–Trinajstić information content (AvgIpc) is 2.22. The van der Waals surface area contributed by atoms with Crippen LogP contribution in [0.5, 0.6) is 0 Å². The van der Waals surface area contributed by atoms with Gasteiger partial charge >= 0.3 is 5.97 Å². The summed E-state index contributed by atoms with van der Waals surface area (Å²) < 4.78 is 5.31. The first kappa shape index (κ1) is 10.7. The molecule has 0 aliphatic heterocycles. The second-order valence-corrected chi connectivity index (χ2v) is 4.88. The molecule has 0 saturated heterocycles. The average molecular weight is 269 g/mol. The van der Waals surface area contributed by atoms with Crippen molar-refractivity contribution in [2.75, 3.05) is 0 Å². The fourth-order valence-electron chi connectivity index (χ4n) is 2.02. The number of esters is 1. The number of halogens is 1. The van der Waals surface area contributed by atoms with E-state index in [-0.39, 0.29) is 12.1 Å². The Bertz CT molecular complexity index is 376. The Hall–Kier alpha value is -0.830. The highest BCUT2D eigenvalue weighted by Gasteiger charge is 2.26.